The molecule has 0 heterocycles. The summed E-state index contributed by atoms with van der Waals surface area (Å²) in [5, 5.41) is 0. The van der Waals surface area contributed by atoms with Gasteiger partial charge < -0.3 is 19.3 Å². The van der Waals surface area contributed by atoms with Crippen molar-refractivity contribution < 1.29 is 37.9 Å². The molecule has 0 aliphatic rings. The third-order valence-corrected chi connectivity index (χ3v) is 10.8. The summed E-state index contributed by atoms with van der Waals surface area (Å²) in [7, 11) is -4.75. The van der Waals surface area contributed by atoms with Crippen LogP contribution in [0.25, 0.3) is 0 Å². The van der Waals surface area contributed by atoms with Crippen LogP contribution in [0.4, 0.5) is 0 Å². The van der Waals surface area contributed by atoms with E-state index < -0.39 is 32.5 Å². The lowest BCUT2D eigenvalue weighted by atomic mass is 10.0. The summed E-state index contributed by atoms with van der Waals surface area (Å²) < 4.78 is 26.4. The van der Waals surface area contributed by atoms with E-state index in [9.17, 15) is 14.2 Å². The highest BCUT2D eigenvalue weighted by atomic mass is 31.2. The number of carbonyl (C=O) groups is 2. The van der Waals surface area contributed by atoms with Gasteiger partial charge in [0.25, 0.3) is 0 Å². The summed E-state index contributed by atoms with van der Waals surface area (Å²) in [6, 6.07) is 0. The monoisotopic (exact) mass is 787 g/mol. The summed E-state index contributed by atoms with van der Waals surface area (Å²) in [4.78, 5) is 42.9. The lowest BCUT2D eigenvalue weighted by Gasteiger charge is -2.18. The molecule has 9 heteroatoms. The first kappa shape index (κ1) is 52.8. The fraction of sp³-hybridized carbons (Fsp3) is 0.911. The molecule has 0 spiro atoms. The normalized spacial score (nSPS) is 12.4. The Morgan fingerprint density at radius 1 is 0.463 bits per heavy atom. The first-order valence-corrected chi connectivity index (χ1v) is 24.5. The van der Waals surface area contributed by atoms with Crippen LogP contribution >= 0.6 is 7.82 Å². The van der Waals surface area contributed by atoms with Gasteiger partial charge in [-0.25, -0.2) is 4.57 Å². The lowest BCUT2D eigenvalue weighted by molar-refractivity contribution is -0.161. The molecule has 0 rings (SSSR count). The van der Waals surface area contributed by atoms with Gasteiger partial charge in [0.15, 0.2) is 6.10 Å². The number of unbranched alkanes of at least 4 members (excludes halogenated alkanes) is 31. The number of carbonyl (C=O) groups excluding carboxylic acids is 2. The Morgan fingerprint density at radius 3 is 1.13 bits per heavy atom. The summed E-state index contributed by atoms with van der Waals surface area (Å²) in [6.07, 6.45) is 46.6. The molecule has 1 atom stereocenters. The number of hydrogen-bond acceptors (Lipinski definition) is 6. The third-order valence-electron chi connectivity index (χ3n) is 10.3. The molecule has 54 heavy (non-hydrogen) atoms. The zero-order valence-electron chi connectivity index (χ0n) is 35.4. The van der Waals surface area contributed by atoms with Crippen molar-refractivity contribution in [2.45, 2.75) is 251 Å². The Hall–Kier alpha value is -1.21. The van der Waals surface area contributed by atoms with Gasteiger partial charge in [0.05, 0.1) is 6.61 Å². The standard InChI is InChI=1S/C45H87O8P/c1-3-5-7-9-11-13-15-17-19-20-21-22-23-24-25-26-28-30-32-34-36-38-40-45(47)53-43(42-52-54(48,49)50)41-51-44(46)39-37-35-33-31-29-27-18-16-14-12-10-8-6-4-2/h16,18,43H,3-15,17,19-42H2,1-2H3,(H2,48,49,50)/b18-16+/t43-/m1/s1. The highest BCUT2D eigenvalue weighted by Crippen LogP contribution is 2.36. The van der Waals surface area contributed by atoms with Crippen LogP contribution in [-0.2, 0) is 28.2 Å². The van der Waals surface area contributed by atoms with Gasteiger partial charge in [-0.15, -0.1) is 0 Å². The molecule has 2 N–H and O–H groups in total. The summed E-state index contributed by atoms with van der Waals surface area (Å²) in [6.45, 7) is 3.70. The molecule has 0 aromatic carbocycles. The van der Waals surface area contributed by atoms with Crippen LogP contribution in [0.15, 0.2) is 12.2 Å². The average Bonchev–Trinajstić information content (AvgIpc) is 3.14. The molecule has 0 aliphatic heterocycles. The van der Waals surface area contributed by atoms with Crippen molar-refractivity contribution in [1.82, 2.24) is 0 Å². The summed E-state index contributed by atoms with van der Waals surface area (Å²) >= 11 is 0. The minimum absolute atomic E-state index is 0.217. The van der Waals surface area contributed by atoms with E-state index in [0.29, 0.717) is 6.42 Å². The second-order valence-electron chi connectivity index (χ2n) is 15.7. The van der Waals surface area contributed by atoms with Crippen molar-refractivity contribution in [2.24, 2.45) is 0 Å². The maximum Gasteiger partial charge on any atom is 0.469 e. The number of allylic oxidation sites excluding steroid dienone is 2. The second kappa shape index (κ2) is 41.4. The van der Waals surface area contributed by atoms with E-state index in [4.69, 9.17) is 19.3 Å². The van der Waals surface area contributed by atoms with Crippen molar-refractivity contribution >= 4 is 19.8 Å². The number of phosphoric ester groups is 1. The third kappa shape index (κ3) is 43.5. The molecular weight excluding hydrogens is 699 g/mol. The van der Waals surface area contributed by atoms with E-state index in [-0.39, 0.29) is 19.4 Å². The van der Waals surface area contributed by atoms with Gasteiger partial charge in [-0.3, -0.25) is 14.1 Å². The van der Waals surface area contributed by atoms with Gasteiger partial charge in [-0.1, -0.05) is 206 Å². The molecule has 0 saturated carbocycles. The van der Waals surface area contributed by atoms with Crippen molar-refractivity contribution in [3.05, 3.63) is 12.2 Å². The largest absolute Gasteiger partial charge is 0.469 e. The first-order valence-electron chi connectivity index (χ1n) is 23.0. The minimum Gasteiger partial charge on any atom is -0.462 e. The van der Waals surface area contributed by atoms with Crippen LogP contribution in [0, 0.1) is 0 Å². The molecule has 0 saturated heterocycles. The predicted molar refractivity (Wildman–Crippen MR) is 226 cm³/mol. The lowest BCUT2D eigenvalue weighted by Crippen LogP contribution is -2.29. The number of hydrogen-bond donors (Lipinski definition) is 2. The number of rotatable bonds is 43. The highest BCUT2D eigenvalue weighted by molar-refractivity contribution is 7.46. The maximum absolute atomic E-state index is 12.4. The molecule has 0 aromatic rings. The molecule has 0 radical (unpaired) electrons. The quantitative estimate of drug-likeness (QED) is 0.0271. The Labute approximate surface area is 333 Å². The Kier molecular flexibility index (Phi) is 40.5. The van der Waals surface area contributed by atoms with Crippen LogP contribution in [-0.4, -0.2) is 41.0 Å². The van der Waals surface area contributed by atoms with Crippen molar-refractivity contribution in [3.63, 3.8) is 0 Å². The number of ether oxygens (including phenoxy) is 2. The molecular formula is C45H87O8P. The molecule has 0 aromatic heterocycles. The van der Waals surface area contributed by atoms with Crippen molar-refractivity contribution in [1.29, 1.82) is 0 Å². The van der Waals surface area contributed by atoms with E-state index in [1.165, 1.54) is 161 Å². The van der Waals surface area contributed by atoms with Crippen LogP contribution in [0.1, 0.15) is 245 Å². The number of esters is 2. The second-order valence-corrected chi connectivity index (χ2v) is 17.0. The Morgan fingerprint density at radius 2 is 0.778 bits per heavy atom. The fourth-order valence-corrected chi connectivity index (χ4v) is 7.20. The number of phosphoric acid groups is 1. The minimum atomic E-state index is -4.75. The molecule has 0 aliphatic carbocycles. The Bertz CT molecular complexity index is 889. The van der Waals surface area contributed by atoms with Gasteiger partial charge >= 0.3 is 19.8 Å². The van der Waals surface area contributed by atoms with Gasteiger partial charge in [0.2, 0.25) is 0 Å². The van der Waals surface area contributed by atoms with Crippen molar-refractivity contribution in [3.8, 4) is 0 Å². The zero-order chi connectivity index (χ0) is 39.6. The predicted octanol–water partition coefficient (Wildman–Crippen LogP) is 14.2. The van der Waals surface area contributed by atoms with Gasteiger partial charge in [0.1, 0.15) is 6.61 Å². The van der Waals surface area contributed by atoms with E-state index in [1.54, 1.807) is 0 Å². The summed E-state index contributed by atoms with van der Waals surface area (Å²) in [5.41, 5.74) is 0. The first-order chi connectivity index (χ1) is 26.3. The van der Waals surface area contributed by atoms with Crippen LogP contribution in [0.3, 0.4) is 0 Å². The highest BCUT2D eigenvalue weighted by Gasteiger charge is 2.23. The van der Waals surface area contributed by atoms with E-state index in [2.05, 4.69) is 30.5 Å². The van der Waals surface area contributed by atoms with Crippen LogP contribution < -0.4 is 0 Å². The van der Waals surface area contributed by atoms with E-state index in [1.807, 2.05) is 0 Å². The van der Waals surface area contributed by atoms with Crippen molar-refractivity contribution in [2.75, 3.05) is 13.2 Å². The van der Waals surface area contributed by atoms with Gasteiger partial charge in [-0.05, 0) is 38.5 Å². The van der Waals surface area contributed by atoms with Gasteiger partial charge in [0, 0.05) is 12.8 Å². The average molecular weight is 787 g/mol. The molecule has 0 bridgehead atoms. The van der Waals surface area contributed by atoms with Crippen LogP contribution in [0.2, 0.25) is 0 Å². The summed E-state index contributed by atoms with van der Waals surface area (Å²) in [5.74, 6) is -0.881. The Balaban J connectivity index is 3.81. The van der Waals surface area contributed by atoms with E-state index in [0.717, 1.165) is 51.4 Å². The zero-order valence-corrected chi connectivity index (χ0v) is 36.3. The van der Waals surface area contributed by atoms with Crippen LogP contribution in [0.5, 0.6) is 0 Å². The maximum atomic E-state index is 12.4. The molecule has 0 unspecified atom stereocenters. The molecule has 0 amide bonds. The smallest absolute Gasteiger partial charge is 0.462 e. The topological polar surface area (TPSA) is 119 Å². The van der Waals surface area contributed by atoms with E-state index >= 15 is 0 Å². The molecule has 320 valence electrons. The van der Waals surface area contributed by atoms with Gasteiger partial charge in [-0.2, -0.15) is 0 Å². The SMILES string of the molecule is CCCCCCC/C=C/CCCCCCCC(=O)OC[C@H](COP(=O)(O)O)OC(=O)CCCCCCCCCCCCCCCCCCCCCCCC. The molecule has 0 fully saturated rings. The fourth-order valence-electron chi connectivity index (χ4n) is 6.84. The molecule has 8 nitrogen and oxygen atoms in total.